The van der Waals surface area contributed by atoms with Gasteiger partial charge in [-0.05, 0) is 25.8 Å². The van der Waals surface area contributed by atoms with E-state index in [9.17, 15) is 13.6 Å². The molecule has 0 atom stereocenters. The molecular weight excluding hydrogens is 424 g/mol. The second-order valence-corrected chi connectivity index (χ2v) is 8.64. The summed E-state index contributed by atoms with van der Waals surface area (Å²) in [4.78, 5) is 23.0. The van der Waals surface area contributed by atoms with Crippen LogP contribution in [0.5, 0.6) is 0 Å². The SMILES string of the molecule is Cc1nnc(-c2ccc3cnc(NC(=O)N4CCC(NC(CF)CF)CC4)nc3c2)s1. The van der Waals surface area contributed by atoms with Crippen molar-refractivity contribution in [3.05, 3.63) is 29.4 Å². The van der Waals surface area contributed by atoms with E-state index in [0.717, 1.165) is 21.0 Å². The number of rotatable bonds is 6. The summed E-state index contributed by atoms with van der Waals surface area (Å²) in [5, 5.41) is 16.5. The van der Waals surface area contributed by atoms with E-state index >= 15 is 0 Å². The highest BCUT2D eigenvalue weighted by molar-refractivity contribution is 7.14. The van der Waals surface area contributed by atoms with Gasteiger partial charge in [0.2, 0.25) is 5.95 Å². The smallest absolute Gasteiger partial charge is 0.324 e. The molecule has 0 aliphatic carbocycles. The molecule has 2 N–H and O–H groups in total. The fourth-order valence-electron chi connectivity index (χ4n) is 3.52. The van der Waals surface area contributed by atoms with E-state index in [1.165, 1.54) is 11.3 Å². The van der Waals surface area contributed by atoms with E-state index in [2.05, 4.69) is 30.8 Å². The van der Waals surface area contributed by atoms with Gasteiger partial charge in [-0.1, -0.05) is 23.5 Å². The molecule has 3 aromatic rings. The standard InChI is InChI=1S/C20H23F2N7OS/c1-12-27-28-18(31-12)13-2-3-14-11-23-19(25-17(14)8-13)26-20(30)29-6-4-15(5-7-29)24-16(9-21)10-22/h2-3,8,11,15-16,24H,4-7,9-10H2,1H3,(H,23,25,26,30). The number of aryl methyl sites for hydroxylation is 1. The van der Waals surface area contributed by atoms with Gasteiger partial charge in [0, 0.05) is 36.3 Å². The highest BCUT2D eigenvalue weighted by Gasteiger charge is 2.25. The molecule has 0 unspecified atom stereocenters. The van der Waals surface area contributed by atoms with Crippen molar-refractivity contribution in [2.45, 2.75) is 31.8 Å². The Morgan fingerprint density at radius 1 is 1.26 bits per heavy atom. The van der Waals surface area contributed by atoms with Gasteiger partial charge in [-0.2, -0.15) is 0 Å². The van der Waals surface area contributed by atoms with Crippen LogP contribution < -0.4 is 10.6 Å². The van der Waals surface area contributed by atoms with Gasteiger partial charge < -0.3 is 10.2 Å². The van der Waals surface area contributed by atoms with Gasteiger partial charge in [-0.3, -0.25) is 5.32 Å². The summed E-state index contributed by atoms with van der Waals surface area (Å²) in [6.07, 6.45) is 2.93. The first kappa shape index (κ1) is 21.4. The highest BCUT2D eigenvalue weighted by Crippen LogP contribution is 2.26. The molecule has 0 bridgehead atoms. The Balaban J connectivity index is 1.39. The number of likely N-dealkylation sites (tertiary alicyclic amines) is 1. The molecule has 0 spiro atoms. The zero-order chi connectivity index (χ0) is 21.8. The van der Waals surface area contributed by atoms with Crippen LogP contribution in [0.15, 0.2) is 24.4 Å². The lowest BCUT2D eigenvalue weighted by Gasteiger charge is -2.33. The van der Waals surface area contributed by atoms with Crippen LogP contribution in [0.1, 0.15) is 17.8 Å². The van der Waals surface area contributed by atoms with Crippen LogP contribution >= 0.6 is 11.3 Å². The maximum atomic E-state index is 12.7. The van der Waals surface area contributed by atoms with E-state index in [1.54, 1.807) is 11.1 Å². The van der Waals surface area contributed by atoms with Crippen molar-refractivity contribution in [2.24, 2.45) is 0 Å². The van der Waals surface area contributed by atoms with Gasteiger partial charge in [0.15, 0.2) is 0 Å². The zero-order valence-corrected chi connectivity index (χ0v) is 17.8. The first-order valence-electron chi connectivity index (χ1n) is 10.1. The summed E-state index contributed by atoms with van der Waals surface area (Å²) in [7, 11) is 0. The molecule has 0 saturated carbocycles. The lowest BCUT2D eigenvalue weighted by Crippen LogP contribution is -2.49. The highest BCUT2D eigenvalue weighted by atomic mass is 32.1. The minimum Gasteiger partial charge on any atom is -0.324 e. The first-order chi connectivity index (χ1) is 15.1. The number of carbonyl (C=O) groups is 1. The Labute approximate surface area is 182 Å². The van der Waals surface area contributed by atoms with E-state index in [1.807, 2.05) is 25.1 Å². The second-order valence-electron chi connectivity index (χ2n) is 7.46. The third-order valence-electron chi connectivity index (χ3n) is 5.20. The number of anilines is 1. The molecule has 2 amide bonds. The number of alkyl halides is 2. The molecule has 2 aromatic heterocycles. The molecule has 164 valence electrons. The van der Waals surface area contributed by atoms with Crippen molar-refractivity contribution >= 4 is 34.2 Å². The molecular formula is C20H23F2N7OS. The first-order valence-corrected chi connectivity index (χ1v) is 10.9. The number of fused-ring (bicyclic) bond motifs is 1. The van der Waals surface area contributed by atoms with Crippen molar-refractivity contribution in [3.63, 3.8) is 0 Å². The largest absolute Gasteiger partial charge is 0.324 e. The van der Waals surface area contributed by atoms with Crippen LogP contribution in [0.2, 0.25) is 0 Å². The van der Waals surface area contributed by atoms with Crippen molar-refractivity contribution in [1.29, 1.82) is 0 Å². The van der Waals surface area contributed by atoms with Gasteiger partial charge in [0.05, 0.1) is 11.6 Å². The van der Waals surface area contributed by atoms with Gasteiger partial charge in [0.25, 0.3) is 0 Å². The lowest BCUT2D eigenvalue weighted by molar-refractivity contribution is 0.179. The van der Waals surface area contributed by atoms with Crippen LogP contribution in [0.3, 0.4) is 0 Å². The van der Waals surface area contributed by atoms with Crippen LogP contribution in [-0.4, -0.2) is 69.6 Å². The molecule has 3 heterocycles. The summed E-state index contributed by atoms with van der Waals surface area (Å²) in [6, 6.07) is 4.69. The fourth-order valence-corrected chi connectivity index (χ4v) is 4.21. The Bertz CT molecular complexity index is 1050. The van der Waals surface area contributed by atoms with E-state index < -0.39 is 19.4 Å². The van der Waals surface area contributed by atoms with Crippen molar-refractivity contribution in [3.8, 4) is 10.6 Å². The molecule has 1 aliphatic heterocycles. The molecule has 1 aliphatic rings. The molecule has 1 saturated heterocycles. The van der Waals surface area contributed by atoms with E-state index in [-0.39, 0.29) is 18.0 Å². The summed E-state index contributed by atoms with van der Waals surface area (Å²) in [6.45, 7) is 1.40. The summed E-state index contributed by atoms with van der Waals surface area (Å²) >= 11 is 1.50. The van der Waals surface area contributed by atoms with E-state index in [0.29, 0.717) is 31.4 Å². The maximum Gasteiger partial charge on any atom is 0.324 e. The normalized spacial score (nSPS) is 15.0. The predicted molar refractivity (Wildman–Crippen MR) is 116 cm³/mol. The Morgan fingerprint density at radius 3 is 2.71 bits per heavy atom. The fraction of sp³-hybridized carbons (Fsp3) is 0.450. The Hall–Kier alpha value is -2.79. The van der Waals surface area contributed by atoms with Crippen molar-refractivity contribution in [1.82, 2.24) is 30.4 Å². The molecule has 31 heavy (non-hydrogen) atoms. The molecule has 11 heteroatoms. The van der Waals surface area contributed by atoms with E-state index in [4.69, 9.17) is 0 Å². The number of benzene rings is 1. The topological polar surface area (TPSA) is 95.9 Å². The molecule has 8 nitrogen and oxygen atoms in total. The molecule has 1 fully saturated rings. The van der Waals surface area contributed by atoms with Gasteiger partial charge in [-0.25, -0.2) is 23.5 Å². The average molecular weight is 448 g/mol. The number of urea groups is 1. The number of piperidine rings is 1. The Kier molecular flexibility index (Phi) is 6.62. The quantitative estimate of drug-likeness (QED) is 0.602. The third kappa shape index (κ3) is 5.10. The predicted octanol–water partition coefficient (Wildman–Crippen LogP) is 3.35. The molecule has 0 radical (unpaired) electrons. The lowest BCUT2D eigenvalue weighted by atomic mass is 10.0. The molecule has 4 rings (SSSR count). The monoisotopic (exact) mass is 447 g/mol. The average Bonchev–Trinajstić information content (AvgIpc) is 3.23. The summed E-state index contributed by atoms with van der Waals surface area (Å²) < 4.78 is 25.4. The van der Waals surface area contributed by atoms with Crippen LogP contribution in [0.25, 0.3) is 21.5 Å². The van der Waals surface area contributed by atoms with Gasteiger partial charge in [0.1, 0.15) is 23.4 Å². The zero-order valence-electron chi connectivity index (χ0n) is 17.0. The van der Waals surface area contributed by atoms with Gasteiger partial charge >= 0.3 is 6.03 Å². The van der Waals surface area contributed by atoms with Crippen molar-refractivity contribution < 1.29 is 13.6 Å². The van der Waals surface area contributed by atoms with Crippen LogP contribution in [-0.2, 0) is 0 Å². The minimum atomic E-state index is -0.773. The number of aromatic nitrogens is 4. The number of nitrogens with zero attached hydrogens (tertiary/aromatic N) is 5. The van der Waals surface area contributed by atoms with Crippen LogP contribution in [0.4, 0.5) is 19.5 Å². The number of halogens is 2. The number of carbonyl (C=O) groups excluding carboxylic acids is 1. The summed E-state index contributed by atoms with van der Waals surface area (Å²) in [5.74, 6) is 0.221. The number of amides is 2. The third-order valence-corrected chi connectivity index (χ3v) is 6.09. The molecule has 1 aromatic carbocycles. The van der Waals surface area contributed by atoms with Gasteiger partial charge in [-0.15, -0.1) is 10.2 Å². The Morgan fingerprint density at radius 2 is 2.03 bits per heavy atom. The maximum absolute atomic E-state index is 12.7. The minimum absolute atomic E-state index is 0.000113. The van der Waals surface area contributed by atoms with Crippen LogP contribution in [0, 0.1) is 6.92 Å². The van der Waals surface area contributed by atoms with Crippen molar-refractivity contribution in [2.75, 3.05) is 31.8 Å². The summed E-state index contributed by atoms with van der Waals surface area (Å²) in [5.41, 5.74) is 1.60. The number of hydrogen-bond acceptors (Lipinski definition) is 7. The number of nitrogens with one attached hydrogen (secondary N) is 2. The number of hydrogen-bond donors (Lipinski definition) is 2. The second kappa shape index (κ2) is 9.56.